The second kappa shape index (κ2) is 6.60. The van der Waals surface area contributed by atoms with Crippen molar-refractivity contribution in [2.24, 2.45) is 0 Å². The first-order valence-electron chi connectivity index (χ1n) is 9.19. The van der Waals surface area contributed by atoms with E-state index in [-0.39, 0.29) is 5.91 Å². The predicted molar refractivity (Wildman–Crippen MR) is 95.5 cm³/mol. The fourth-order valence-electron chi connectivity index (χ4n) is 3.92. The summed E-state index contributed by atoms with van der Waals surface area (Å²) in [5.74, 6) is 0.851. The van der Waals surface area contributed by atoms with Gasteiger partial charge in [0.2, 0.25) is 0 Å². The second-order valence-electron chi connectivity index (χ2n) is 7.10. The SMILES string of the molecule is COCCn1cc(C(=O)N2CCCCC2)c2c(C3CC3)cccc21. The van der Waals surface area contributed by atoms with E-state index in [1.807, 2.05) is 4.90 Å². The number of aromatic nitrogens is 1. The number of likely N-dealkylation sites (tertiary alicyclic amines) is 1. The zero-order valence-electron chi connectivity index (χ0n) is 14.5. The minimum Gasteiger partial charge on any atom is -0.383 e. The Balaban J connectivity index is 1.78. The van der Waals surface area contributed by atoms with Crippen molar-refractivity contribution >= 4 is 16.8 Å². The van der Waals surface area contributed by atoms with Crippen LogP contribution in [0.2, 0.25) is 0 Å². The van der Waals surface area contributed by atoms with Crippen LogP contribution in [0.4, 0.5) is 0 Å². The van der Waals surface area contributed by atoms with Crippen LogP contribution in [0, 0.1) is 0 Å². The van der Waals surface area contributed by atoms with Gasteiger partial charge in [0, 0.05) is 43.8 Å². The summed E-state index contributed by atoms with van der Waals surface area (Å²) in [5, 5.41) is 1.19. The van der Waals surface area contributed by atoms with Crippen LogP contribution in [-0.2, 0) is 11.3 Å². The summed E-state index contributed by atoms with van der Waals surface area (Å²) < 4.78 is 7.45. The van der Waals surface area contributed by atoms with E-state index in [2.05, 4.69) is 29.0 Å². The van der Waals surface area contributed by atoms with Crippen LogP contribution in [0.5, 0.6) is 0 Å². The summed E-state index contributed by atoms with van der Waals surface area (Å²) in [6, 6.07) is 6.49. The largest absolute Gasteiger partial charge is 0.383 e. The number of carbonyl (C=O) groups excluding carboxylic acids is 1. The third kappa shape index (κ3) is 2.84. The molecule has 0 unspecified atom stereocenters. The van der Waals surface area contributed by atoms with Crippen molar-refractivity contribution in [2.45, 2.75) is 44.6 Å². The van der Waals surface area contributed by atoms with Crippen LogP contribution in [0.25, 0.3) is 10.9 Å². The molecule has 1 amide bonds. The second-order valence-corrected chi connectivity index (χ2v) is 7.10. The van der Waals surface area contributed by atoms with Gasteiger partial charge < -0.3 is 14.2 Å². The Kier molecular flexibility index (Phi) is 4.31. The summed E-state index contributed by atoms with van der Waals surface area (Å²) >= 11 is 0. The molecule has 2 heterocycles. The summed E-state index contributed by atoms with van der Waals surface area (Å²) in [7, 11) is 1.72. The van der Waals surface area contributed by atoms with Gasteiger partial charge in [-0.2, -0.15) is 0 Å². The highest BCUT2D eigenvalue weighted by atomic mass is 16.5. The van der Waals surface area contributed by atoms with E-state index in [0.29, 0.717) is 12.5 Å². The number of piperidine rings is 1. The Labute approximate surface area is 143 Å². The molecular weight excluding hydrogens is 300 g/mol. The quantitative estimate of drug-likeness (QED) is 0.838. The van der Waals surface area contributed by atoms with Crippen molar-refractivity contribution in [3.05, 3.63) is 35.5 Å². The van der Waals surface area contributed by atoms with Crippen LogP contribution in [0.15, 0.2) is 24.4 Å². The molecule has 4 heteroatoms. The number of methoxy groups -OCH3 is 1. The molecule has 2 aliphatic rings. The van der Waals surface area contributed by atoms with Gasteiger partial charge in [0.05, 0.1) is 12.2 Å². The molecule has 128 valence electrons. The van der Waals surface area contributed by atoms with E-state index >= 15 is 0 Å². The lowest BCUT2D eigenvalue weighted by molar-refractivity contribution is 0.0726. The topological polar surface area (TPSA) is 34.5 Å². The molecule has 1 saturated heterocycles. The number of fused-ring (bicyclic) bond motifs is 1. The number of rotatable bonds is 5. The summed E-state index contributed by atoms with van der Waals surface area (Å²) in [6.45, 7) is 3.24. The average molecular weight is 326 g/mol. The highest BCUT2D eigenvalue weighted by Crippen LogP contribution is 2.44. The zero-order valence-corrected chi connectivity index (χ0v) is 14.5. The predicted octanol–water partition coefficient (Wildman–Crippen LogP) is 3.79. The summed E-state index contributed by atoms with van der Waals surface area (Å²) in [6.07, 6.45) is 8.06. The summed E-state index contributed by atoms with van der Waals surface area (Å²) in [5.41, 5.74) is 3.44. The van der Waals surface area contributed by atoms with Gasteiger partial charge in [-0.25, -0.2) is 0 Å². The van der Waals surface area contributed by atoms with E-state index < -0.39 is 0 Å². The summed E-state index contributed by atoms with van der Waals surface area (Å²) in [4.78, 5) is 15.2. The smallest absolute Gasteiger partial charge is 0.256 e. The van der Waals surface area contributed by atoms with E-state index in [0.717, 1.165) is 38.0 Å². The van der Waals surface area contributed by atoms with Crippen LogP contribution < -0.4 is 0 Å². The molecule has 4 rings (SSSR count). The molecule has 1 aromatic heterocycles. The number of hydrogen-bond acceptors (Lipinski definition) is 2. The molecule has 1 aliphatic heterocycles. The molecule has 2 aromatic rings. The first-order chi connectivity index (χ1) is 11.8. The van der Waals surface area contributed by atoms with Crippen molar-refractivity contribution in [2.75, 3.05) is 26.8 Å². The number of hydrogen-bond donors (Lipinski definition) is 0. The van der Waals surface area contributed by atoms with Crippen LogP contribution >= 0.6 is 0 Å². The maximum absolute atomic E-state index is 13.2. The number of carbonyl (C=O) groups is 1. The molecule has 0 spiro atoms. The Hall–Kier alpha value is -1.81. The monoisotopic (exact) mass is 326 g/mol. The number of benzene rings is 1. The molecule has 0 radical (unpaired) electrons. The highest BCUT2D eigenvalue weighted by molar-refractivity contribution is 6.08. The average Bonchev–Trinajstić information content (AvgIpc) is 3.41. The molecule has 1 aliphatic carbocycles. The number of amides is 1. The fourth-order valence-corrected chi connectivity index (χ4v) is 3.92. The molecule has 0 bridgehead atoms. The van der Waals surface area contributed by atoms with Crippen molar-refractivity contribution in [1.29, 1.82) is 0 Å². The third-order valence-corrected chi connectivity index (χ3v) is 5.37. The van der Waals surface area contributed by atoms with E-state index in [1.165, 1.54) is 35.7 Å². The standard InChI is InChI=1S/C20H26N2O2/c1-24-13-12-22-14-17(20(23)21-10-3-2-4-11-21)19-16(15-8-9-15)6-5-7-18(19)22/h5-7,14-15H,2-4,8-13H2,1H3. The lowest BCUT2D eigenvalue weighted by Crippen LogP contribution is -2.35. The number of nitrogens with zero attached hydrogens (tertiary/aromatic N) is 2. The minimum atomic E-state index is 0.212. The third-order valence-electron chi connectivity index (χ3n) is 5.37. The molecule has 2 fully saturated rings. The normalized spacial score (nSPS) is 18.3. The lowest BCUT2D eigenvalue weighted by atomic mass is 10.0. The highest BCUT2D eigenvalue weighted by Gasteiger charge is 2.30. The van der Waals surface area contributed by atoms with E-state index in [9.17, 15) is 4.79 Å². The van der Waals surface area contributed by atoms with Gasteiger partial charge >= 0.3 is 0 Å². The van der Waals surface area contributed by atoms with Gasteiger partial charge in [0.1, 0.15) is 0 Å². The molecule has 4 nitrogen and oxygen atoms in total. The van der Waals surface area contributed by atoms with E-state index in [1.54, 1.807) is 7.11 Å². The van der Waals surface area contributed by atoms with Crippen molar-refractivity contribution in [1.82, 2.24) is 9.47 Å². The Bertz CT molecular complexity index is 739. The maximum Gasteiger partial charge on any atom is 0.256 e. The van der Waals surface area contributed by atoms with Crippen LogP contribution in [-0.4, -0.2) is 42.2 Å². The van der Waals surface area contributed by atoms with E-state index in [4.69, 9.17) is 4.74 Å². The molecule has 0 N–H and O–H groups in total. The van der Waals surface area contributed by atoms with Crippen molar-refractivity contribution in [3.8, 4) is 0 Å². The Morgan fingerprint density at radius 2 is 2.00 bits per heavy atom. The van der Waals surface area contributed by atoms with Gasteiger partial charge in [-0.05, 0) is 49.7 Å². The first-order valence-corrected chi connectivity index (χ1v) is 9.19. The van der Waals surface area contributed by atoms with Crippen molar-refractivity contribution in [3.63, 3.8) is 0 Å². The molecule has 24 heavy (non-hydrogen) atoms. The number of ether oxygens (including phenoxy) is 1. The molecule has 1 aromatic carbocycles. The van der Waals surface area contributed by atoms with Crippen LogP contribution in [0.3, 0.4) is 0 Å². The van der Waals surface area contributed by atoms with Gasteiger partial charge in [0.25, 0.3) is 5.91 Å². The van der Waals surface area contributed by atoms with Gasteiger partial charge in [-0.15, -0.1) is 0 Å². The fraction of sp³-hybridized carbons (Fsp3) is 0.550. The Morgan fingerprint density at radius 3 is 2.71 bits per heavy atom. The Morgan fingerprint density at radius 1 is 1.21 bits per heavy atom. The minimum absolute atomic E-state index is 0.212. The first kappa shape index (κ1) is 15.7. The van der Waals surface area contributed by atoms with Gasteiger partial charge in [-0.3, -0.25) is 4.79 Å². The zero-order chi connectivity index (χ0) is 16.5. The molecule has 1 saturated carbocycles. The van der Waals surface area contributed by atoms with Gasteiger partial charge in [-0.1, -0.05) is 12.1 Å². The maximum atomic E-state index is 13.2. The molecular formula is C20H26N2O2. The lowest BCUT2D eigenvalue weighted by Gasteiger charge is -2.26. The van der Waals surface area contributed by atoms with Crippen LogP contribution in [0.1, 0.15) is 53.9 Å². The van der Waals surface area contributed by atoms with Gasteiger partial charge in [0.15, 0.2) is 0 Å². The van der Waals surface area contributed by atoms with Crippen molar-refractivity contribution < 1.29 is 9.53 Å². The molecule has 0 atom stereocenters.